The van der Waals surface area contributed by atoms with Crippen molar-refractivity contribution in [2.24, 2.45) is 0 Å². The summed E-state index contributed by atoms with van der Waals surface area (Å²) < 4.78 is 5.23. The van der Waals surface area contributed by atoms with Crippen LogP contribution in [0.1, 0.15) is 20.9 Å². The van der Waals surface area contributed by atoms with Crippen molar-refractivity contribution in [3.05, 3.63) is 43.8 Å². The lowest BCUT2D eigenvalue weighted by molar-refractivity contribution is 1.83. The highest BCUT2D eigenvalue weighted by Crippen LogP contribution is 2.47. The van der Waals surface area contributed by atoms with Crippen LogP contribution in [-0.2, 0) is 0 Å². The van der Waals surface area contributed by atoms with Gasteiger partial charge in [-0.05, 0) is 22.9 Å². The first-order valence-electron chi connectivity index (χ1n) is 5.85. The molecule has 0 saturated carbocycles. The Morgan fingerprint density at radius 3 is 1.60 bits per heavy atom. The van der Waals surface area contributed by atoms with Gasteiger partial charge in [0.1, 0.15) is 0 Å². The van der Waals surface area contributed by atoms with E-state index in [0.717, 1.165) is 9.73 Å². The second-order valence-electron chi connectivity index (χ2n) is 4.50. The standard InChI is InChI=1S/C14H4S6/c15-9-7-11-5(1-3-17-11)19-13(7)10(16)8-12-6(2-4-18-12)20-14(8)9/h1-4H. The molecule has 0 saturated heterocycles. The van der Waals surface area contributed by atoms with Gasteiger partial charge in [-0.25, -0.2) is 0 Å². The van der Waals surface area contributed by atoms with E-state index in [2.05, 4.69) is 22.9 Å². The Kier molecular flexibility index (Phi) is 2.43. The van der Waals surface area contributed by atoms with Gasteiger partial charge in [-0.15, -0.1) is 45.3 Å². The highest BCUT2D eigenvalue weighted by atomic mass is 32.1. The van der Waals surface area contributed by atoms with E-state index >= 15 is 0 Å². The van der Waals surface area contributed by atoms with Crippen molar-refractivity contribution >= 4 is 98.3 Å². The SMILES string of the molecule is S=C1c2sc3ccsc3c2C(=S)c2sc3ccsc3c21. The largest absolute Gasteiger partial charge is 0.142 e. The minimum Gasteiger partial charge on any atom is -0.142 e. The number of thiophene rings is 4. The molecule has 0 aromatic carbocycles. The third-order valence-corrected chi connectivity index (χ3v) is 9.00. The molecule has 0 spiro atoms. The molecule has 1 aliphatic rings. The van der Waals surface area contributed by atoms with Crippen LogP contribution in [0.2, 0.25) is 0 Å². The van der Waals surface area contributed by atoms with Crippen molar-refractivity contribution in [2.45, 2.75) is 0 Å². The Morgan fingerprint density at radius 2 is 1.15 bits per heavy atom. The summed E-state index contributed by atoms with van der Waals surface area (Å²) in [5.41, 5.74) is 2.42. The summed E-state index contributed by atoms with van der Waals surface area (Å²) in [6.45, 7) is 0. The summed E-state index contributed by atoms with van der Waals surface area (Å²) in [7, 11) is 0. The molecule has 0 radical (unpaired) electrons. The Labute approximate surface area is 141 Å². The maximum absolute atomic E-state index is 5.79. The minimum absolute atomic E-state index is 0.991. The average Bonchev–Trinajstić information content (AvgIpc) is 3.13. The van der Waals surface area contributed by atoms with E-state index in [-0.39, 0.29) is 0 Å². The second kappa shape index (κ2) is 4.03. The Morgan fingerprint density at radius 1 is 0.700 bits per heavy atom. The zero-order chi connectivity index (χ0) is 13.4. The lowest BCUT2D eigenvalue weighted by Gasteiger charge is -2.14. The molecule has 4 aromatic rings. The number of fused-ring (bicyclic) bond motifs is 6. The molecule has 96 valence electrons. The smallest absolute Gasteiger partial charge is 0.0658 e. The first-order chi connectivity index (χ1) is 9.75. The average molecular weight is 365 g/mol. The fraction of sp³-hybridized carbons (Fsp3) is 0. The summed E-state index contributed by atoms with van der Waals surface area (Å²) >= 11 is 18.7. The number of thiocarbonyl (C=S) groups is 2. The number of hydrogen-bond acceptors (Lipinski definition) is 6. The van der Waals surface area contributed by atoms with Crippen LogP contribution in [0.25, 0.3) is 18.8 Å². The molecule has 0 atom stereocenters. The molecule has 0 bridgehead atoms. The third-order valence-electron chi connectivity index (χ3n) is 3.46. The first kappa shape index (κ1) is 12.1. The van der Waals surface area contributed by atoms with Crippen LogP contribution in [0.4, 0.5) is 0 Å². The van der Waals surface area contributed by atoms with E-state index in [1.165, 1.54) is 39.7 Å². The molecule has 0 aliphatic heterocycles. The summed E-state index contributed by atoms with van der Waals surface area (Å²) in [6, 6.07) is 4.34. The van der Waals surface area contributed by atoms with Gasteiger partial charge in [0, 0.05) is 20.5 Å². The van der Waals surface area contributed by atoms with Crippen molar-refractivity contribution < 1.29 is 0 Å². The quantitative estimate of drug-likeness (QED) is 0.305. The van der Waals surface area contributed by atoms with Crippen LogP contribution in [0.3, 0.4) is 0 Å². The van der Waals surface area contributed by atoms with E-state index < -0.39 is 0 Å². The van der Waals surface area contributed by atoms with Gasteiger partial charge in [-0.2, -0.15) is 0 Å². The molecule has 6 heteroatoms. The molecular weight excluding hydrogens is 361 g/mol. The maximum atomic E-state index is 5.79. The second-order valence-corrected chi connectivity index (χ2v) is 9.25. The summed E-state index contributed by atoms with van der Waals surface area (Å²) in [6.07, 6.45) is 0. The van der Waals surface area contributed by atoms with Crippen LogP contribution in [0.15, 0.2) is 22.9 Å². The Balaban J connectivity index is 1.95. The Bertz CT molecular complexity index is 950. The van der Waals surface area contributed by atoms with Crippen molar-refractivity contribution in [1.29, 1.82) is 0 Å². The summed E-state index contributed by atoms with van der Waals surface area (Å²) in [4.78, 5) is 4.39. The van der Waals surface area contributed by atoms with E-state index in [1.807, 2.05) is 0 Å². The van der Waals surface area contributed by atoms with E-state index in [0.29, 0.717) is 0 Å². The molecule has 0 N–H and O–H groups in total. The molecule has 0 amide bonds. The van der Waals surface area contributed by atoms with Gasteiger partial charge in [-0.1, -0.05) is 24.4 Å². The van der Waals surface area contributed by atoms with Gasteiger partial charge >= 0.3 is 0 Å². The van der Waals surface area contributed by atoms with Crippen molar-refractivity contribution in [1.82, 2.24) is 0 Å². The van der Waals surface area contributed by atoms with E-state index in [9.17, 15) is 0 Å². The van der Waals surface area contributed by atoms with Crippen molar-refractivity contribution in [2.75, 3.05) is 0 Å². The summed E-state index contributed by atoms with van der Waals surface area (Å²) in [5.74, 6) is 0. The molecule has 4 aromatic heterocycles. The number of rotatable bonds is 0. The minimum atomic E-state index is 0.991. The normalized spacial score (nSPS) is 14.2. The van der Waals surface area contributed by atoms with Crippen LogP contribution in [-0.4, -0.2) is 9.73 Å². The third kappa shape index (κ3) is 1.35. The molecule has 1 aliphatic carbocycles. The molecule has 0 nitrogen and oxygen atoms in total. The predicted octanol–water partition coefficient (Wildman–Crippen LogP) is 6.09. The Hall–Kier alpha value is -0.500. The summed E-state index contributed by atoms with van der Waals surface area (Å²) in [5, 5.41) is 4.27. The van der Waals surface area contributed by atoms with Crippen LogP contribution < -0.4 is 0 Å². The highest BCUT2D eigenvalue weighted by Gasteiger charge is 2.32. The van der Waals surface area contributed by atoms with Gasteiger partial charge < -0.3 is 0 Å². The topological polar surface area (TPSA) is 0 Å². The fourth-order valence-electron chi connectivity index (χ4n) is 2.61. The van der Waals surface area contributed by atoms with Gasteiger partial charge in [-0.3, -0.25) is 0 Å². The molecule has 0 unspecified atom stereocenters. The van der Waals surface area contributed by atoms with Crippen molar-refractivity contribution in [3.8, 4) is 0 Å². The zero-order valence-electron chi connectivity index (χ0n) is 9.76. The van der Waals surface area contributed by atoms with Gasteiger partial charge in [0.25, 0.3) is 0 Å². The van der Waals surface area contributed by atoms with Gasteiger partial charge in [0.2, 0.25) is 0 Å². The molecule has 5 rings (SSSR count). The molecule has 0 fully saturated rings. The monoisotopic (exact) mass is 364 g/mol. The molecule has 4 heterocycles. The zero-order valence-corrected chi connectivity index (χ0v) is 14.7. The predicted molar refractivity (Wildman–Crippen MR) is 101 cm³/mol. The number of hydrogen-bond donors (Lipinski definition) is 0. The van der Waals surface area contributed by atoms with Crippen LogP contribution in [0, 0.1) is 0 Å². The molecular formula is C14H4S6. The first-order valence-corrected chi connectivity index (χ1v) is 10.1. The van der Waals surface area contributed by atoms with Gasteiger partial charge in [0.15, 0.2) is 0 Å². The highest BCUT2D eigenvalue weighted by molar-refractivity contribution is 7.83. The van der Waals surface area contributed by atoms with E-state index in [4.69, 9.17) is 24.4 Å². The fourth-order valence-corrected chi connectivity index (χ4v) is 8.36. The lowest BCUT2D eigenvalue weighted by atomic mass is 9.97. The van der Waals surface area contributed by atoms with Gasteiger partial charge in [0.05, 0.1) is 28.9 Å². The maximum Gasteiger partial charge on any atom is 0.0658 e. The van der Waals surface area contributed by atoms with Crippen LogP contribution >= 0.6 is 69.8 Å². The van der Waals surface area contributed by atoms with E-state index in [1.54, 1.807) is 45.3 Å². The van der Waals surface area contributed by atoms with Crippen molar-refractivity contribution in [3.63, 3.8) is 0 Å². The lowest BCUT2D eigenvalue weighted by Crippen LogP contribution is -2.14. The van der Waals surface area contributed by atoms with Crippen LogP contribution in [0.5, 0.6) is 0 Å². The molecule has 20 heavy (non-hydrogen) atoms.